The van der Waals surface area contributed by atoms with Gasteiger partial charge in [-0.3, -0.25) is 4.72 Å². The number of thiophene rings is 1. The van der Waals surface area contributed by atoms with Crippen LogP contribution in [0.3, 0.4) is 0 Å². The van der Waals surface area contributed by atoms with Crippen LogP contribution in [0.5, 0.6) is 0 Å². The van der Waals surface area contributed by atoms with E-state index in [9.17, 15) is 8.42 Å². The fourth-order valence-corrected chi connectivity index (χ4v) is 5.59. The molecule has 0 amide bonds. The predicted molar refractivity (Wildman–Crippen MR) is 81.6 cm³/mol. The third-order valence-corrected chi connectivity index (χ3v) is 7.01. The van der Waals surface area contributed by atoms with Crippen LogP contribution in [0.2, 0.25) is 0 Å². The van der Waals surface area contributed by atoms with Crippen LogP contribution in [0.15, 0.2) is 43.5 Å². The molecule has 0 saturated heterocycles. The van der Waals surface area contributed by atoms with Crippen molar-refractivity contribution in [1.29, 1.82) is 0 Å². The van der Waals surface area contributed by atoms with E-state index in [1.807, 2.05) is 24.3 Å². The maximum atomic E-state index is 12.4. The molecule has 2 aromatic heterocycles. The van der Waals surface area contributed by atoms with Gasteiger partial charge in [-0.15, -0.1) is 11.3 Å². The van der Waals surface area contributed by atoms with Crippen molar-refractivity contribution in [1.82, 2.24) is 5.16 Å². The minimum Gasteiger partial charge on any atom is -0.360 e. The lowest BCUT2D eigenvalue weighted by atomic mass is 10.3. The van der Waals surface area contributed by atoms with Gasteiger partial charge < -0.3 is 4.52 Å². The maximum absolute atomic E-state index is 12.4. The van der Waals surface area contributed by atoms with Crippen LogP contribution < -0.4 is 4.72 Å². The van der Waals surface area contributed by atoms with Crippen LogP contribution in [0.4, 0.5) is 5.82 Å². The van der Waals surface area contributed by atoms with Crippen LogP contribution in [-0.4, -0.2) is 13.6 Å². The van der Waals surface area contributed by atoms with Crippen molar-refractivity contribution >= 4 is 53.2 Å². The number of hydrogen-bond donors (Lipinski definition) is 1. The molecule has 0 atom stereocenters. The number of nitrogens with one attached hydrogen (secondary N) is 1. The van der Waals surface area contributed by atoms with Crippen molar-refractivity contribution in [3.05, 3.63) is 40.6 Å². The van der Waals surface area contributed by atoms with Gasteiger partial charge in [0.15, 0.2) is 10.0 Å². The van der Waals surface area contributed by atoms with Crippen LogP contribution in [-0.2, 0) is 10.0 Å². The zero-order valence-corrected chi connectivity index (χ0v) is 13.5. The van der Waals surface area contributed by atoms with E-state index in [4.69, 9.17) is 4.52 Å². The van der Waals surface area contributed by atoms with Gasteiger partial charge >= 0.3 is 0 Å². The predicted octanol–water partition coefficient (Wildman–Crippen LogP) is 3.76. The summed E-state index contributed by atoms with van der Waals surface area (Å²) in [6.45, 7) is 1.69. The summed E-state index contributed by atoms with van der Waals surface area (Å²) in [5.41, 5.74) is 0. The minimum atomic E-state index is -3.69. The van der Waals surface area contributed by atoms with Crippen LogP contribution >= 0.6 is 27.3 Å². The van der Waals surface area contributed by atoms with Gasteiger partial charge in [0.25, 0.3) is 10.0 Å². The van der Waals surface area contributed by atoms with E-state index in [1.54, 1.807) is 6.92 Å². The lowest BCUT2D eigenvalue weighted by Crippen LogP contribution is -2.12. The van der Waals surface area contributed by atoms with Gasteiger partial charge in [0, 0.05) is 16.2 Å². The van der Waals surface area contributed by atoms with Crippen molar-refractivity contribution in [2.24, 2.45) is 0 Å². The summed E-state index contributed by atoms with van der Waals surface area (Å²) in [4.78, 5) is 0. The molecular formula is C12H9BrN2O3S2. The zero-order chi connectivity index (χ0) is 14.3. The average Bonchev–Trinajstić information content (AvgIpc) is 2.94. The summed E-state index contributed by atoms with van der Waals surface area (Å²) in [7, 11) is -3.69. The molecule has 1 aromatic carbocycles. The van der Waals surface area contributed by atoms with Crippen LogP contribution in [0.1, 0.15) is 5.76 Å². The number of aryl methyl sites for hydroxylation is 1. The van der Waals surface area contributed by atoms with Crippen LogP contribution in [0.25, 0.3) is 10.1 Å². The Morgan fingerprint density at radius 3 is 2.75 bits per heavy atom. The number of fused-ring (bicyclic) bond motifs is 1. The number of rotatable bonds is 3. The van der Waals surface area contributed by atoms with Gasteiger partial charge in [0.05, 0.1) is 4.47 Å². The summed E-state index contributed by atoms with van der Waals surface area (Å²) < 4.78 is 33.7. The van der Waals surface area contributed by atoms with E-state index in [0.29, 0.717) is 10.2 Å². The lowest BCUT2D eigenvalue weighted by Gasteiger charge is -2.02. The largest absolute Gasteiger partial charge is 0.360 e. The second-order valence-corrected chi connectivity index (χ2v) is 7.85. The molecule has 104 valence electrons. The molecule has 0 saturated carbocycles. The van der Waals surface area contributed by atoms with Crippen LogP contribution in [0, 0.1) is 6.92 Å². The van der Waals surface area contributed by atoms with E-state index in [0.717, 1.165) is 10.1 Å². The van der Waals surface area contributed by atoms with Crippen molar-refractivity contribution < 1.29 is 12.9 Å². The number of halogens is 1. The summed E-state index contributed by atoms with van der Waals surface area (Å²) in [5, 5.41) is 4.50. The fraction of sp³-hybridized carbons (Fsp3) is 0.0833. The highest BCUT2D eigenvalue weighted by molar-refractivity contribution is 9.10. The smallest absolute Gasteiger partial charge is 0.273 e. The quantitative estimate of drug-likeness (QED) is 0.759. The molecule has 0 radical (unpaired) electrons. The summed E-state index contributed by atoms with van der Waals surface area (Å²) in [6, 6.07) is 9.01. The number of benzene rings is 1. The third-order valence-electron chi connectivity index (χ3n) is 2.62. The van der Waals surface area contributed by atoms with E-state index in [1.165, 1.54) is 17.4 Å². The van der Waals surface area contributed by atoms with Gasteiger partial charge in [-0.2, -0.15) is 0 Å². The van der Waals surface area contributed by atoms with E-state index >= 15 is 0 Å². The highest BCUT2D eigenvalue weighted by atomic mass is 79.9. The Morgan fingerprint density at radius 2 is 2.10 bits per heavy atom. The molecule has 0 spiro atoms. The molecule has 0 bridgehead atoms. The number of anilines is 1. The molecule has 0 aliphatic carbocycles. The second-order valence-electron chi connectivity index (χ2n) is 4.13. The normalized spacial score (nSPS) is 11.9. The molecule has 2 heterocycles. The van der Waals surface area contributed by atoms with Gasteiger partial charge in [-0.25, -0.2) is 8.42 Å². The first-order valence-corrected chi connectivity index (χ1v) is 8.70. The number of nitrogens with zero attached hydrogens (tertiary/aromatic N) is 1. The number of hydrogen-bond acceptors (Lipinski definition) is 5. The van der Waals surface area contributed by atoms with Crippen molar-refractivity contribution in [2.45, 2.75) is 11.1 Å². The molecule has 1 N–H and O–H groups in total. The zero-order valence-electron chi connectivity index (χ0n) is 10.3. The van der Waals surface area contributed by atoms with E-state index in [-0.39, 0.29) is 10.0 Å². The van der Waals surface area contributed by atoms with Gasteiger partial charge in [0.1, 0.15) is 5.76 Å². The summed E-state index contributed by atoms with van der Waals surface area (Å²) >= 11 is 4.55. The first-order valence-electron chi connectivity index (χ1n) is 5.60. The highest BCUT2D eigenvalue weighted by Crippen LogP contribution is 2.38. The second kappa shape index (κ2) is 4.87. The first kappa shape index (κ1) is 13.6. The van der Waals surface area contributed by atoms with E-state index in [2.05, 4.69) is 25.8 Å². The van der Waals surface area contributed by atoms with Crippen molar-refractivity contribution in [3.63, 3.8) is 0 Å². The molecule has 0 aliphatic rings. The Morgan fingerprint density at radius 1 is 1.35 bits per heavy atom. The molecule has 20 heavy (non-hydrogen) atoms. The van der Waals surface area contributed by atoms with Gasteiger partial charge in [-0.1, -0.05) is 23.4 Å². The maximum Gasteiger partial charge on any atom is 0.273 e. The molecule has 3 aromatic rings. The highest BCUT2D eigenvalue weighted by Gasteiger charge is 2.23. The minimum absolute atomic E-state index is 0.173. The molecule has 0 fully saturated rings. The topological polar surface area (TPSA) is 72.2 Å². The summed E-state index contributed by atoms with van der Waals surface area (Å²) in [6.07, 6.45) is 0. The molecule has 0 aliphatic heterocycles. The lowest BCUT2D eigenvalue weighted by molar-refractivity contribution is 0.400. The molecule has 8 heteroatoms. The standard InChI is InChI=1S/C12H9BrN2O3S2/c1-7-6-10(14-18-7)15-20(16,17)12-11(13)8-4-2-3-5-9(8)19-12/h2-6H,1H3,(H,14,15). The Hall–Kier alpha value is -1.38. The van der Waals surface area contributed by atoms with Crippen molar-refractivity contribution in [2.75, 3.05) is 4.72 Å². The molecule has 3 rings (SSSR count). The summed E-state index contributed by atoms with van der Waals surface area (Å²) in [5.74, 6) is 0.713. The van der Waals surface area contributed by atoms with Gasteiger partial charge in [0.2, 0.25) is 0 Å². The SMILES string of the molecule is Cc1cc(NS(=O)(=O)c2sc3ccccc3c2Br)no1. The fourth-order valence-electron chi connectivity index (χ4n) is 1.76. The number of sulfonamides is 1. The van der Waals surface area contributed by atoms with Gasteiger partial charge in [-0.05, 0) is 28.9 Å². The Kier molecular flexibility index (Phi) is 3.31. The Balaban J connectivity index is 2.07. The molecule has 0 unspecified atom stereocenters. The van der Waals surface area contributed by atoms with Crippen molar-refractivity contribution in [3.8, 4) is 0 Å². The third kappa shape index (κ3) is 2.34. The average molecular weight is 373 g/mol. The monoisotopic (exact) mass is 372 g/mol. The first-order chi connectivity index (χ1) is 9.47. The molecule has 5 nitrogen and oxygen atoms in total. The Bertz CT molecular complexity index is 883. The Labute approximate surface area is 127 Å². The molecular weight excluding hydrogens is 364 g/mol. The van der Waals surface area contributed by atoms with E-state index < -0.39 is 10.0 Å². The number of aromatic nitrogens is 1.